The fourth-order valence-electron chi connectivity index (χ4n) is 4.60. The zero-order chi connectivity index (χ0) is 20.6. The zero-order valence-electron chi connectivity index (χ0n) is 17.0. The SMILES string of the molecule is CC1CC(C)CN(S(=O)(=O)c2cccc(C(=O)Nc3ccc4c(c3)CCC4)c2)C1. The van der Waals surface area contributed by atoms with Crippen LogP contribution >= 0.6 is 0 Å². The summed E-state index contributed by atoms with van der Waals surface area (Å²) in [5.41, 5.74) is 3.74. The molecule has 2 unspecified atom stereocenters. The van der Waals surface area contributed by atoms with Crippen molar-refractivity contribution in [2.45, 2.75) is 44.4 Å². The summed E-state index contributed by atoms with van der Waals surface area (Å²) in [5, 5.41) is 2.91. The van der Waals surface area contributed by atoms with Gasteiger partial charge in [0.2, 0.25) is 10.0 Å². The lowest BCUT2D eigenvalue weighted by Gasteiger charge is -2.34. The van der Waals surface area contributed by atoms with Crippen molar-refractivity contribution in [3.8, 4) is 0 Å². The molecule has 1 heterocycles. The van der Waals surface area contributed by atoms with E-state index >= 15 is 0 Å². The smallest absolute Gasteiger partial charge is 0.255 e. The van der Waals surface area contributed by atoms with Crippen LogP contribution < -0.4 is 5.32 Å². The molecule has 154 valence electrons. The van der Waals surface area contributed by atoms with E-state index < -0.39 is 10.0 Å². The van der Waals surface area contributed by atoms with Crippen LogP contribution in [0.25, 0.3) is 0 Å². The van der Waals surface area contributed by atoms with E-state index in [1.165, 1.54) is 17.2 Å². The van der Waals surface area contributed by atoms with Gasteiger partial charge in [0.15, 0.2) is 0 Å². The molecular weight excluding hydrogens is 384 g/mol. The van der Waals surface area contributed by atoms with E-state index in [1.54, 1.807) is 22.5 Å². The van der Waals surface area contributed by atoms with Gasteiger partial charge in [0.1, 0.15) is 0 Å². The van der Waals surface area contributed by atoms with Crippen molar-refractivity contribution in [1.29, 1.82) is 0 Å². The van der Waals surface area contributed by atoms with Crippen LogP contribution in [0.1, 0.15) is 48.2 Å². The van der Waals surface area contributed by atoms with Gasteiger partial charge in [0.05, 0.1) is 4.90 Å². The largest absolute Gasteiger partial charge is 0.322 e. The fraction of sp³-hybridized carbons (Fsp3) is 0.435. The second-order valence-corrected chi connectivity index (χ2v) is 10.5. The highest BCUT2D eigenvalue weighted by Crippen LogP contribution is 2.28. The van der Waals surface area contributed by atoms with Gasteiger partial charge in [-0.3, -0.25) is 4.79 Å². The summed E-state index contributed by atoms with van der Waals surface area (Å²) in [6.45, 7) is 5.22. The third kappa shape index (κ3) is 4.23. The number of carbonyl (C=O) groups excluding carboxylic acids is 1. The summed E-state index contributed by atoms with van der Waals surface area (Å²) in [6, 6.07) is 12.4. The Morgan fingerprint density at radius 2 is 1.72 bits per heavy atom. The Morgan fingerprint density at radius 3 is 2.48 bits per heavy atom. The van der Waals surface area contributed by atoms with Gasteiger partial charge in [0, 0.05) is 24.3 Å². The molecule has 0 bridgehead atoms. The highest BCUT2D eigenvalue weighted by atomic mass is 32.2. The van der Waals surface area contributed by atoms with Crippen LogP contribution in [0, 0.1) is 11.8 Å². The summed E-state index contributed by atoms with van der Waals surface area (Å²) in [4.78, 5) is 12.9. The van der Waals surface area contributed by atoms with Gasteiger partial charge in [-0.05, 0) is 79.0 Å². The molecule has 1 N–H and O–H groups in total. The lowest BCUT2D eigenvalue weighted by atomic mass is 9.94. The molecule has 2 aliphatic rings. The molecule has 0 radical (unpaired) electrons. The number of amides is 1. The van der Waals surface area contributed by atoms with E-state index in [2.05, 4.69) is 25.2 Å². The number of piperidine rings is 1. The van der Waals surface area contributed by atoms with Crippen molar-refractivity contribution in [3.05, 3.63) is 59.2 Å². The maximum absolute atomic E-state index is 13.1. The predicted octanol–water partition coefficient (Wildman–Crippen LogP) is 4.09. The monoisotopic (exact) mass is 412 g/mol. The second-order valence-electron chi connectivity index (χ2n) is 8.59. The normalized spacial score (nSPS) is 22.3. The highest BCUT2D eigenvalue weighted by molar-refractivity contribution is 7.89. The van der Waals surface area contributed by atoms with E-state index in [-0.39, 0.29) is 10.8 Å². The van der Waals surface area contributed by atoms with Gasteiger partial charge in [0.25, 0.3) is 5.91 Å². The number of rotatable bonds is 4. The van der Waals surface area contributed by atoms with Crippen molar-refractivity contribution >= 4 is 21.6 Å². The molecule has 2 aromatic rings. The van der Waals surface area contributed by atoms with E-state index in [0.717, 1.165) is 31.4 Å². The lowest BCUT2D eigenvalue weighted by Crippen LogP contribution is -2.42. The summed E-state index contributed by atoms with van der Waals surface area (Å²) < 4.78 is 27.8. The first-order valence-corrected chi connectivity index (χ1v) is 11.8. The van der Waals surface area contributed by atoms with Crippen LogP contribution in [-0.2, 0) is 22.9 Å². The average molecular weight is 413 g/mol. The van der Waals surface area contributed by atoms with E-state index in [0.29, 0.717) is 30.5 Å². The van der Waals surface area contributed by atoms with E-state index in [9.17, 15) is 13.2 Å². The predicted molar refractivity (Wildman–Crippen MR) is 115 cm³/mol. The minimum absolute atomic E-state index is 0.181. The lowest BCUT2D eigenvalue weighted by molar-refractivity contribution is 0.102. The first kappa shape index (κ1) is 20.1. The zero-order valence-corrected chi connectivity index (χ0v) is 17.8. The van der Waals surface area contributed by atoms with Crippen molar-refractivity contribution in [2.24, 2.45) is 11.8 Å². The fourth-order valence-corrected chi connectivity index (χ4v) is 6.33. The van der Waals surface area contributed by atoms with Crippen molar-refractivity contribution in [1.82, 2.24) is 4.31 Å². The number of aryl methyl sites for hydroxylation is 2. The van der Waals surface area contributed by atoms with E-state index in [4.69, 9.17) is 0 Å². The van der Waals surface area contributed by atoms with Crippen LogP contribution in [0.4, 0.5) is 5.69 Å². The minimum Gasteiger partial charge on any atom is -0.322 e. The quantitative estimate of drug-likeness (QED) is 0.822. The Morgan fingerprint density at radius 1 is 1.00 bits per heavy atom. The number of nitrogens with one attached hydrogen (secondary N) is 1. The standard InChI is InChI=1S/C23H28N2O3S/c1-16-11-17(2)15-25(14-16)29(27,28)22-8-4-7-20(13-22)23(26)24-21-10-9-18-5-3-6-19(18)12-21/h4,7-10,12-13,16-17H,3,5-6,11,14-15H2,1-2H3,(H,24,26). The molecule has 1 aliphatic heterocycles. The molecule has 29 heavy (non-hydrogen) atoms. The Hall–Kier alpha value is -2.18. The first-order chi connectivity index (χ1) is 13.8. The van der Waals surface area contributed by atoms with Crippen molar-refractivity contribution in [2.75, 3.05) is 18.4 Å². The molecule has 4 rings (SSSR count). The third-order valence-corrected chi connectivity index (χ3v) is 7.75. The topological polar surface area (TPSA) is 66.5 Å². The molecule has 2 aromatic carbocycles. The second kappa shape index (κ2) is 7.92. The number of hydrogen-bond donors (Lipinski definition) is 1. The van der Waals surface area contributed by atoms with Gasteiger partial charge < -0.3 is 5.32 Å². The van der Waals surface area contributed by atoms with E-state index in [1.807, 2.05) is 12.1 Å². The summed E-state index contributed by atoms with van der Waals surface area (Å²) >= 11 is 0. The van der Waals surface area contributed by atoms with Crippen LogP contribution in [0.2, 0.25) is 0 Å². The van der Waals surface area contributed by atoms with Crippen LogP contribution in [0.5, 0.6) is 0 Å². The van der Waals surface area contributed by atoms with Gasteiger partial charge in [-0.25, -0.2) is 8.42 Å². The molecule has 1 aliphatic carbocycles. The van der Waals surface area contributed by atoms with Crippen molar-refractivity contribution in [3.63, 3.8) is 0 Å². The molecule has 1 saturated heterocycles. The van der Waals surface area contributed by atoms with Gasteiger partial charge in [-0.2, -0.15) is 4.31 Å². The minimum atomic E-state index is -3.61. The van der Waals surface area contributed by atoms with Crippen LogP contribution in [0.3, 0.4) is 0 Å². The molecule has 5 nitrogen and oxygen atoms in total. The highest BCUT2D eigenvalue weighted by Gasteiger charge is 2.32. The van der Waals surface area contributed by atoms with Crippen LogP contribution in [0.15, 0.2) is 47.4 Å². The molecule has 0 aromatic heterocycles. The molecule has 2 atom stereocenters. The molecule has 0 saturated carbocycles. The van der Waals surface area contributed by atoms with Gasteiger partial charge in [-0.1, -0.05) is 26.0 Å². The van der Waals surface area contributed by atoms with Gasteiger partial charge >= 0.3 is 0 Å². The molecule has 6 heteroatoms. The summed E-state index contributed by atoms with van der Waals surface area (Å²) in [7, 11) is -3.61. The molecular formula is C23H28N2O3S. The Kier molecular flexibility index (Phi) is 5.49. The first-order valence-electron chi connectivity index (χ1n) is 10.4. The maximum atomic E-state index is 13.1. The number of nitrogens with zero attached hydrogens (tertiary/aromatic N) is 1. The number of fused-ring (bicyclic) bond motifs is 1. The van der Waals surface area contributed by atoms with Gasteiger partial charge in [-0.15, -0.1) is 0 Å². The Balaban J connectivity index is 1.54. The third-order valence-electron chi connectivity index (χ3n) is 5.93. The Bertz CT molecular complexity index is 1020. The number of benzene rings is 2. The molecule has 0 spiro atoms. The number of carbonyl (C=O) groups is 1. The van der Waals surface area contributed by atoms with Crippen molar-refractivity contribution < 1.29 is 13.2 Å². The van der Waals surface area contributed by atoms with Crippen LogP contribution in [-0.4, -0.2) is 31.7 Å². The number of anilines is 1. The summed E-state index contributed by atoms with van der Waals surface area (Å²) in [5.74, 6) is 0.375. The maximum Gasteiger partial charge on any atom is 0.255 e. The summed E-state index contributed by atoms with van der Waals surface area (Å²) in [6.07, 6.45) is 4.33. The average Bonchev–Trinajstić information content (AvgIpc) is 3.15. The number of sulfonamides is 1. The molecule has 1 amide bonds. The number of hydrogen-bond acceptors (Lipinski definition) is 3. The Labute approximate surface area is 173 Å². The molecule has 1 fully saturated rings.